The smallest absolute Gasteiger partial charge is 0.270 e. The van der Waals surface area contributed by atoms with Gasteiger partial charge in [0.1, 0.15) is 17.4 Å². The molecular formula is C24H24F2N2O5. The van der Waals surface area contributed by atoms with Gasteiger partial charge in [-0.1, -0.05) is 0 Å². The molecule has 0 spiro atoms. The molecule has 2 fully saturated rings. The van der Waals surface area contributed by atoms with E-state index in [9.17, 15) is 28.5 Å². The fourth-order valence-corrected chi connectivity index (χ4v) is 4.51. The van der Waals surface area contributed by atoms with Crippen LogP contribution in [0.5, 0.6) is 5.75 Å². The van der Waals surface area contributed by atoms with Crippen LogP contribution in [0.4, 0.5) is 14.5 Å². The number of benzene rings is 2. The van der Waals surface area contributed by atoms with Crippen LogP contribution in [0.3, 0.4) is 0 Å². The number of Topliss-reactive ketones (excluding diaryl/α,β-unsaturated/α-hetero) is 1. The van der Waals surface area contributed by atoms with Gasteiger partial charge in [0.15, 0.2) is 5.78 Å². The number of nitro benzene ring substituents is 1. The fraction of sp³-hybridized carbons (Fsp3) is 0.417. The molecule has 1 saturated heterocycles. The molecule has 0 N–H and O–H groups in total. The first-order chi connectivity index (χ1) is 15.8. The predicted octanol–water partition coefficient (Wildman–Crippen LogP) is 4.93. The quantitative estimate of drug-likeness (QED) is 0.348. The SMILES string of the molecule is O=C(c1ccc(F)cc1F)C1CCN(C(=O)c2cc([N+](=O)[O-])ccc2OC2CCCC2)CC1. The van der Waals surface area contributed by atoms with Crippen molar-refractivity contribution < 1.29 is 28.0 Å². The highest BCUT2D eigenvalue weighted by Crippen LogP contribution is 2.32. The summed E-state index contributed by atoms with van der Waals surface area (Å²) in [5.41, 5.74) is -0.230. The summed E-state index contributed by atoms with van der Waals surface area (Å²) >= 11 is 0. The molecule has 1 saturated carbocycles. The van der Waals surface area contributed by atoms with Gasteiger partial charge in [-0.2, -0.15) is 0 Å². The van der Waals surface area contributed by atoms with Crippen LogP contribution in [0.25, 0.3) is 0 Å². The number of ether oxygens (including phenoxy) is 1. The van der Waals surface area contributed by atoms with Crippen molar-refractivity contribution in [1.82, 2.24) is 4.90 Å². The third kappa shape index (κ3) is 5.02. The number of likely N-dealkylation sites (tertiary alicyclic amines) is 1. The number of carbonyl (C=O) groups excluding carboxylic acids is 2. The third-order valence-electron chi connectivity index (χ3n) is 6.35. The van der Waals surface area contributed by atoms with Gasteiger partial charge in [-0.3, -0.25) is 19.7 Å². The van der Waals surface area contributed by atoms with Gasteiger partial charge in [-0.25, -0.2) is 8.78 Å². The Morgan fingerprint density at radius 3 is 2.30 bits per heavy atom. The second-order valence-electron chi connectivity index (χ2n) is 8.52. The van der Waals surface area contributed by atoms with Crippen molar-refractivity contribution in [3.63, 3.8) is 0 Å². The molecule has 0 bridgehead atoms. The van der Waals surface area contributed by atoms with Gasteiger partial charge < -0.3 is 9.64 Å². The van der Waals surface area contributed by atoms with E-state index in [-0.39, 0.29) is 36.0 Å². The number of hydrogen-bond donors (Lipinski definition) is 0. The fourth-order valence-electron chi connectivity index (χ4n) is 4.51. The van der Waals surface area contributed by atoms with E-state index in [0.717, 1.165) is 37.8 Å². The van der Waals surface area contributed by atoms with Gasteiger partial charge in [0.05, 0.1) is 22.2 Å². The molecule has 2 aromatic carbocycles. The van der Waals surface area contributed by atoms with Gasteiger partial charge in [0, 0.05) is 37.2 Å². The zero-order chi connectivity index (χ0) is 23.5. The molecule has 1 aliphatic heterocycles. The number of rotatable bonds is 6. The van der Waals surface area contributed by atoms with Crippen LogP contribution in [0.1, 0.15) is 59.2 Å². The molecule has 7 nitrogen and oxygen atoms in total. The monoisotopic (exact) mass is 458 g/mol. The second kappa shape index (κ2) is 9.64. The Balaban J connectivity index is 1.48. The van der Waals surface area contributed by atoms with Crippen LogP contribution in [0.2, 0.25) is 0 Å². The van der Waals surface area contributed by atoms with E-state index < -0.39 is 34.2 Å². The van der Waals surface area contributed by atoms with E-state index in [1.165, 1.54) is 23.1 Å². The summed E-state index contributed by atoms with van der Waals surface area (Å²) in [6.07, 6.45) is 4.43. The predicted molar refractivity (Wildman–Crippen MR) is 115 cm³/mol. The Morgan fingerprint density at radius 2 is 1.67 bits per heavy atom. The summed E-state index contributed by atoms with van der Waals surface area (Å²) in [5, 5.41) is 11.3. The van der Waals surface area contributed by atoms with Crippen molar-refractivity contribution in [3.8, 4) is 5.75 Å². The lowest BCUT2D eigenvalue weighted by Crippen LogP contribution is -2.40. The largest absolute Gasteiger partial charge is 0.490 e. The molecule has 1 aliphatic carbocycles. The number of amides is 1. The summed E-state index contributed by atoms with van der Waals surface area (Å²) in [6.45, 7) is 0.479. The van der Waals surface area contributed by atoms with E-state index in [0.29, 0.717) is 24.7 Å². The van der Waals surface area contributed by atoms with Crippen LogP contribution in [-0.2, 0) is 0 Å². The minimum atomic E-state index is -0.899. The zero-order valence-corrected chi connectivity index (χ0v) is 18.0. The van der Waals surface area contributed by atoms with E-state index in [4.69, 9.17) is 4.74 Å². The van der Waals surface area contributed by atoms with Crippen molar-refractivity contribution in [1.29, 1.82) is 0 Å². The second-order valence-corrected chi connectivity index (χ2v) is 8.52. The minimum absolute atomic E-state index is 0.0213. The topological polar surface area (TPSA) is 89.8 Å². The highest BCUT2D eigenvalue weighted by Gasteiger charge is 2.32. The molecule has 1 amide bonds. The van der Waals surface area contributed by atoms with E-state index >= 15 is 0 Å². The first kappa shape index (κ1) is 22.8. The Labute approximate surface area is 189 Å². The van der Waals surface area contributed by atoms with Crippen LogP contribution in [-0.4, -0.2) is 40.7 Å². The summed E-state index contributed by atoms with van der Waals surface area (Å²) in [6, 6.07) is 6.89. The van der Waals surface area contributed by atoms with Crippen molar-refractivity contribution in [2.24, 2.45) is 5.92 Å². The number of nitro groups is 1. The van der Waals surface area contributed by atoms with E-state index in [1.807, 2.05) is 0 Å². The zero-order valence-electron chi connectivity index (χ0n) is 18.0. The number of non-ortho nitro benzene ring substituents is 1. The first-order valence-corrected chi connectivity index (χ1v) is 11.1. The Kier molecular flexibility index (Phi) is 6.67. The van der Waals surface area contributed by atoms with Crippen LogP contribution in [0.15, 0.2) is 36.4 Å². The summed E-state index contributed by atoms with van der Waals surface area (Å²) in [7, 11) is 0. The standard InChI is InChI=1S/C24H24F2N2O5/c25-16-5-7-19(21(26)13-16)23(29)15-9-11-27(12-10-15)24(30)20-14-17(28(31)32)6-8-22(20)33-18-3-1-2-4-18/h5-8,13-15,18H,1-4,9-12H2. The molecule has 2 aromatic rings. The minimum Gasteiger partial charge on any atom is -0.490 e. The Morgan fingerprint density at radius 1 is 0.970 bits per heavy atom. The lowest BCUT2D eigenvalue weighted by atomic mass is 9.88. The molecule has 0 aromatic heterocycles. The molecule has 0 radical (unpaired) electrons. The van der Waals surface area contributed by atoms with E-state index in [2.05, 4.69) is 0 Å². The number of nitrogens with zero attached hydrogens (tertiary/aromatic N) is 2. The van der Waals surface area contributed by atoms with E-state index in [1.54, 1.807) is 0 Å². The summed E-state index contributed by atoms with van der Waals surface area (Å²) in [4.78, 5) is 38.2. The molecular weight excluding hydrogens is 434 g/mol. The Hall–Kier alpha value is -3.36. The first-order valence-electron chi connectivity index (χ1n) is 11.1. The highest BCUT2D eigenvalue weighted by molar-refractivity contribution is 5.99. The summed E-state index contributed by atoms with van der Waals surface area (Å²) in [5.74, 6) is -2.64. The highest BCUT2D eigenvalue weighted by atomic mass is 19.1. The van der Waals surface area contributed by atoms with Crippen molar-refractivity contribution in [3.05, 3.63) is 69.3 Å². The average molecular weight is 458 g/mol. The number of piperidine rings is 1. The van der Waals surface area contributed by atoms with Crippen molar-refractivity contribution in [2.75, 3.05) is 13.1 Å². The molecule has 0 unspecified atom stereocenters. The third-order valence-corrected chi connectivity index (χ3v) is 6.35. The summed E-state index contributed by atoms with van der Waals surface area (Å²) < 4.78 is 33.1. The maximum atomic E-state index is 14.0. The van der Waals surface area contributed by atoms with Gasteiger partial charge >= 0.3 is 0 Å². The number of ketones is 1. The average Bonchev–Trinajstić information content (AvgIpc) is 3.31. The number of carbonyl (C=O) groups is 2. The molecule has 174 valence electrons. The molecule has 1 heterocycles. The van der Waals surface area contributed by atoms with Gasteiger partial charge in [-0.15, -0.1) is 0 Å². The molecule has 0 atom stereocenters. The van der Waals surface area contributed by atoms with Gasteiger partial charge in [0.2, 0.25) is 0 Å². The maximum Gasteiger partial charge on any atom is 0.270 e. The number of halogens is 2. The number of hydrogen-bond acceptors (Lipinski definition) is 5. The van der Waals surface area contributed by atoms with Crippen molar-refractivity contribution in [2.45, 2.75) is 44.6 Å². The lowest BCUT2D eigenvalue weighted by Gasteiger charge is -2.32. The Bertz CT molecular complexity index is 1080. The van der Waals surface area contributed by atoms with Gasteiger partial charge in [0.25, 0.3) is 11.6 Å². The van der Waals surface area contributed by atoms with Crippen LogP contribution >= 0.6 is 0 Å². The lowest BCUT2D eigenvalue weighted by molar-refractivity contribution is -0.384. The molecule has 2 aliphatic rings. The molecule has 33 heavy (non-hydrogen) atoms. The van der Waals surface area contributed by atoms with Crippen LogP contribution < -0.4 is 4.74 Å². The van der Waals surface area contributed by atoms with Gasteiger partial charge in [-0.05, 0) is 56.7 Å². The molecule has 9 heteroatoms. The molecule has 4 rings (SSSR count). The van der Waals surface area contributed by atoms with Crippen LogP contribution in [0, 0.1) is 27.7 Å². The maximum absolute atomic E-state index is 14.0. The normalized spacial score (nSPS) is 17.2. The van der Waals surface area contributed by atoms with Crippen molar-refractivity contribution >= 4 is 17.4 Å².